The molecule has 0 saturated heterocycles. The maximum absolute atomic E-state index is 12.9. The minimum absolute atomic E-state index is 0. The molecule has 0 unspecified atom stereocenters. The van der Waals surface area contributed by atoms with Crippen LogP contribution in [0.2, 0.25) is 0 Å². The third-order valence-electron chi connectivity index (χ3n) is 5.16. The number of hydrogen-bond acceptors (Lipinski definition) is 1. The molecule has 0 amide bonds. The number of benzene rings is 1. The Kier molecular flexibility index (Phi) is 29.3. The second-order valence-electron chi connectivity index (χ2n) is 7.30. The Bertz CT molecular complexity index is 445. The molecule has 1 aliphatic carbocycles. The van der Waals surface area contributed by atoms with Crippen LogP contribution < -0.4 is 0 Å². The SMILES string of the molecule is CC.CC.CC(C)(C)C1(C(=O)CCc2ccccc2)CCCCC1.[CH3-].[CH3-].[W].[Y]. The Morgan fingerprint density at radius 2 is 1.32 bits per heavy atom. The number of carbonyl (C=O) groups excluding carboxylic acids is 1. The van der Waals surface area contributed by atoms with E-state index < -0.39 is 0 Å². The molecule has 1 saturated carbocycles. The van der Waals surface area contributed by atoms with Gasteiger partial charge in [0.1, 0.15) is 5.78 Å². The smallest absolute Gasteiger partial charge is 0.139 e. The first-order chi connectivity index (χ1) is 11.5. The van der Waals surface area contributed by atoms with Crippen molar-refractivity contribution in [2.75, 3.05) is 0 Å². The molecule has 1 radical (unpaired) electrons. The summed E-state index contributed by atoms with van der Waals surface area (Å²) in [5.41, 5.74) is 1.28. The van der Waals surface area contributed by atoms with Gasteiger partial charge >= 0.3 is 0 Å². The van der Waals surface area contributed by atoms with Crippen LogP contribution in [0.3, 0.4) is 0 Å². The minimum Gasteiger partial charge on any atom is -0.358 e. The molecular weight excluding hydrogens is 589 g/mol. The van der Waals surface area contributed by atoms with Crippen LogP contribution in [0.5, 0.6) is 0 Å². The number of ketones is 1. The van der Waals surface area contributed by atoms with Gasteiger partial charge in [-0.3, -0.25) is 4.79 Å². The maximum atomic E-state index is 12.9. The Balaban J connectivity index is -0.000000207. The van der Waals surface area contributed by atoms with Crippen LogP contribution in [0, 0.1) is 25.7 Å². The van der Waals surface area contributed by atoms with E-state index in [9.17, 15) is 4.79 Å². The zero-order valence-electron chi connectivity index (χ0n) is 20.2. The van der Waals surface area contributed by atoms with Crippen molar-refractivity contribution in [1.82, 2.24) is 0 Å². The van der Waals surface area contributed by atoms with Gasteiger partial charge in [-0.15, -0.1) is 0 Å². The molecule has 0 N–H and O–H groups in total. The number of hydrogen-bond donors (Lipinski definition) is 0. The van der Waals surface area contributed by atoms with Crippen LogP contribution in [0.1, 0.15) is 92.6 Å². The van der Waals surface area contributed by atoms with Gasteiger partial charge in [0, 0.05) is 65.6 Å². The Morgan fingerprint density at radius 1 is 0.893 bits per heavy atom. The van der Waals surface area contributed by atoms with Crippen molar-refractivity contribution < 1.29 is 58.6 Å². The van der Waals surface area contributed by atoms with Crippen molar-refractivity contribution in [3.63, 3.8) is 0 Å². The largest absolute Gasteiger partial charge is 0.358 e. The van der Waals surface area contributed by atoms with E-state index >= 15 is 0 Å². The Labute approximate surface area is 217 Å². The Morgan fingerprint density at radius 3 is 1.71 bits per heavy atom. The third-order valence-corrected chi connectivity index (χ3v) is 5.16. The summed E-state index contributed by atoms with van der Waals surface area (Å²) in [5, 5.41) is 0. The van der Waals surface area contributed by atoms with E-state index in [-0.39, 0.29) is 79.5 Å². The summed E-state index contributed by atoms with van der Waals surface area (Å²) in [6.07, 6.45) is 7.49. The minimum atomic E-state index is -0.0833. The van der Waals surface area contributed by atoms with Crippen molar-refractivity contribution >= 4 is 5.78 Å². The average Bonchev–Trinajstić information content (AvgIpc) is 2.63. The molecular formula is C25H46OWY-2. The predicted molar refractivity (Wildman–Crippen MR) is 120 cm³/mol. The van der Waals surface area contributed by atoms with Gasteiger partial charge in [-0.05, 0) is 30.2 Å². The fraction of sp³-hybridized carbons (Fsp3) is 0.640. The number of carbonyl (C=O) groups is 1. The molecule has 0 aliphatic heterocycles. The van der Waals surface area contributed by atoms with Crippen molar-refractivity contribution in [2.24, 2.45) is 10.8 Å². The molecule has 1 aliphatic rings. The van der Waals surface area contributed by atoms with Crippen LogP contribution in [0.4, 0.5) is 0 Å². The van der Waals surface area contributed by atoms with Gasteiger partial charge in [-0.1, -0.05) is 98.1 Å². The molecule has 1 aromatic rings. The van der Waals surface area contributed by atoms with E-state index in [2.05, 4.69) is 45.0 Å². The summed E-state index contributed by atoms with van der Waals surface area (Å²) in [4.78, 5) is 12.9. The van der Waals surface area contributed by atoms with Gasteiger partial charge in [0.15, 0.2) is 0 Å². The van der Waals surface area contributed by atoms with Gasteiger partial charge < -0.3 is 14.9 Å². The van der Waals surface area contributed by atoms with E-state index in [4.69, 9.17) is 0 Å². The first kappa shape index (κ1) is 39.2. The van der Waals surface area contributed by atoms with Crippen molar-refractivity contribution in [2.45, 2.75) is 93.4 Å². The molecule has 1 fully saturated rings. The molecule has 0 bridgehead atoms. The first-order valence-corrected chi connectivity index (χ1v) is 10.0. The molecule has 163 valence electrons. The maximum Gasteiger partial charge on any atom is 0.139 e. The summed E-state index contributed by atoms with van der Waals surface area (Å²) in [6, 6.07) is 10.4. The van der Waals surface area contributed by atoms with Gasteiger partial charge in [0.05, 0.1) is 0 Å². The second-order valence-corrected chi connectivity index (χ2v) is 7.30. The fourth-order valence-electron chi connectivity index (χ4n) is 3.74. The monoisotopic (exact) mass is 635 g/mol. The van der Waals surface area contributed by atoms with Gasteiger partial charge in [0.25, 0.3) is 0 Å². The van der Waals surface area contributed by atoms with Crippen LogP contribution in [-0.2, 0) is 65.0 Å². The van der Waals surface area contributed by atoms with Gasteiger partial charge in [-0.2, -0.15) is 0 Å². The molecule has 2 rings (SSSR count). The Hall–Kier alpha value is 0.682. The summed E-state index contributed by atoms with van der Waals surface area (Å²) < 4.78 is 0. The topological polar surface area (TPSA) is 17.1 Å². The molecule has 0 aromatic heterocycles. The summed E-state index contributed by atoms with van der Waals surface area (Å²) in [6.45, 7) is 14.7. The second kappa shape index (κ2) is 20.9. The molecule has 1 nitrogen and oxygen atoms in total. The molecule has 28 heavy (non-hydrogen) atoms. The van der Waals surface area contributed by atoms with E-state index in [1.54, 1.807) is 0 Å². The van der Waals surface area contributed by atoms with Crippen LogP contribution in [0.15, 0.2) is 30.3 Å². The zero-order chi connectivity index (χ0) is 18.6. The van der Waals surface area contributed by atoms with E-state index in [0.29, 0.717) is 12.2 Å². The van der Waals surface area contributed by atoms with Crippen molar-refractivity contribution in [3.05, 3.63) is 50.7 Å². The summed E-state index contributed by atoms with van der Waals surface area (Å²) in [7, 11) is 0. The van der Waals surface area contributed by atoms with Crippen LogP contribution >= 0.6 is 0 Å². The van der Waals surface area contributed by atoms with Crippen LogP contribution in [-0.4, -0.2) is 5.78 Å². The van der Waals surface area contributed by atoms with Crippen molar-refractivity contribution in [1.29, 1.82) is 0 Å². The predicted octanol–water partition coefficient (Wildman–Crippen LogP) is 8.13. The van der Waals surface area contributed by atoms with Gasteiger partial charge in [0.2, 0.25) is 0 Å². The molecule has 1 aromatic carbocycles. The standard InChI is InChI=1S/C19H28O.2C2H6.2CH3.W.Y/c1-18(2,3)19(14-8-5-9-15-19)17(20)13-12-16-10-6-4-7-11-16;2*1-2;;;;/h4,6-7,10-11H,5,8-9,12-15H2,1-3H3;2*1-2H3;2*1H3;;/q;;;2*-1;;. The van der Waals surface area contributed by atoms with Crippen LogP contribution in [0.25, 0.3) is 0 Å². The molecule has 0 heterocycles. The van der Waals surface area contributed by atoms with E-state index in [1.165, 1.54) is 24.8 Å². The van der Waals surface area contributed by atoms with E-state index in [1.807, 2.05) is 33.8 Å². The number of rotatable bonds is 4. The number of Topliss-reactive ketones (excluding diaryl/α,β-unsaturated/α-hetero) is 1. The molecule has 3 heteroatoms. The normalized spacial score (nSPS) is 13.8. The van der Waals surface area contributed by atoms with E-state index in [0.717, 1.165) is 19.3 Å². The molecule has 0 spiro atoms. The summed E-state index contributed by atoms with van der Waals surface area (Å²) >= 11 is 0. The number of aryl methyl sites for hydroxylation is 1. The summed E-state index contributed by atoms with van der Waals surface area (Å²) in [5.74, 6) is 0.494. The fourth-order valence-corrected chi connectivity index (χ4v) is 3.74. The molecule has 0 atom stereocenters. The average molecular weight is 635 g/mol. The third kappa shape index (κ3) is 11.8. The zero-order valence-corrected chi connectivity index (χ0v) is 26.0. The quantitative estimate of drug-likeness (QED) is 0.306. The first-order valence-electron chi connectivity index (χ1n) is 10.0. The van der Waals surface area contributed by atoms with Crippen molar-refractivity contribution in [3.8, 4) is 0 Å². The van der Waals surface area contributed by atoms with Gasteiger partial charge in [-0.25, -0.2) is 0 Å².